The van der Waals surface area contributed by atoms with Gasteiger partial charge >= 0.3 is 6.09 Å². The SMILES string of the molecule is CN(C(=O)OC(C)(C)C)C1CN(c2cc(C3CCC3)ncn2)C1. The number of amides is 1. The van der Waals surface area contributed by atoms with Crippen LogP contribution in [0.25, 0.3) is 0 Å². The smallest absolute Gasteiger partial charge is 0.410 e. The quantitative estimate of drug-likeness (QED) is 0.857. The molecular weight excluding hydrogens is 292 g/mol. The van der Waals surface area contributed by atoms with Gasteiger partial charge in [-0.2, -0.15) is 0 Å². The lowest BCUT2D eigenvalue weighted by Gasteiger charge is -2.44. The van der Waals surface area contributed by atoms with Gasteiger partial charge in [0.2, 0.25) is 0 Å². The van der Waals surface area contributed by atoms with E-state index in [4.69, 9.17) is 4.74 Å². The van der Waals surface area contributed by atoms with Crippen molar-refractivity contribution in [1.29, 1.82) is 0 Å². The van der Waals surface area contributed by atoms with Crippen molar-refractivity contribution in [1.82, 2.24) is 14.9 Å². The van der Waals surface area contributed by atoms with E-state index in [9.17, 15) is 4.79 Å². The first-order chi connectivity index (χ1) is 10.8. The van der Waals surface area contributed by atoms with Crippen LogP contribution in [0.3, 0.4) is 0 Å². The molecule has 2 heterocycles. The Kier molecular flexibility index (Phi) is 4.17. The Hall–Kier alpha value is -1.85. The first-order valence-electron chi connectivity index (χ1n) is 8.36. The Balaban J connectivity index is 1.55. The summed E-state index contributed by atoms with van der Waals surface area (Å²) in [5, 5.41) is 0. The highest BCUT2D eigenvalue weighted by molar-refractivity contribution is 5.69. The van der Waals surface area contributed by atoms with E-state index in [1.807, 2.05) is 20.8 Å². The molecular formula is C17H26N4O2. The van der Waals surface area contributed by atoms with Crippen LogP contribution in [0, 0.1) is 0 Å². The Morgan fingerprint density at radius 1 is 1.30 bits per heavy atom. The first-order valence-corrected chi connectivity index (χ1v) is 8.36. The minimum absolute atomic E-state index is 0.173. The van der Waals surface area contributed by atoms with Gasteiger partial charge in [0.05, 0.1) is 6.04 Å². The van der Waals surface area contributed by atoms with Crippen LogP contribution >= 0.6 is 0 Å². The van der Waals surface area contributed by atoms with Crippen molar-refractivity contribution in [2.45, 2.75) is 57.6 Å². The molecule has 1 saturated carbocycles. The molecule has 1 aromatic rings. The second-order valence-corrected chi connectivity index (χ2v) is 7.58. The van der Waals surface area contributed by atoms with E-state index in [1.54, 1.807) is 18.3 Å². The molecule has 2 fully saturated rings. The third-order valence-corrected chi connectivity index (χ3v) is 4.61. The number of rotatable bonds is 3. The molecule has 126 valence electrons. The van der Waals surface area contributed by atoms with E-state index in [2.05, 4.69) is 20.9 Å². The number of carbonyl (C=O) groups excluding carboxylic acids is 1. The van der Waals surface area contributed by atoms with E-state index in [0.717, 1.165) is 24.6 Å². The van der Waals surface area contributed by atoms with Crippen LogP contribution in [-0.2, 0) is 4.74 Å². The molecule has 0 bridgehead atoms. The Morgan fingerprint density at radius 2 is 2.00 bits per heavy atom. The average molecular weight is 318 g/mol. The van der Waals surface area contributed by atoms with E-state index < -0.39 is 5.60 Å². The maximum Gasteiger partial charge on any atom is 0.410 e. The third-order valence-electron chi connectivity index (χ3n) is 4.61. The predicted molar refractivity (Wildman–Crippen MR) is 88.6 cm³/mol. The molecule has 0 spiro atoms. The molecule has 3 rings (SSSR count). The minimum atomic E-state index is -0.459. The molecule has 1 aromatic heterocycles. The fourth-order valence-corrected chi connectivity index (χ4v) is 2.83. The number of aromatic nitrogens is 2. The van der Waals surface area contributed by atoms with E-state index in [0.29, 0.717) is 5.92 Å². The Labute approximate surface area is 137 Å². The zero-order valence-corrected chi connectivity index (χ0v) is 14.5. The van der Waals surface area contributed by atoms with Crippen LogP contribution in [0.15, 0.2) is 12.4 Å². The van der Waals surface area contributed by atoms with Crippen molar-refractivity contribution in [2.24, 2.45) is 0 Å². The molecule has 1 amide bonds. The fraction of sp³-hybridized carbons (Fsp3) is 0.706. The van der Waals surface area contributed by atoms with Crippen LogP contribution in [-0.4, -0.2) is 52.7 Å². The van der Waals surface area contributed by atoms with Gasteiger partial charge in [0.1, 0.15) is 17.7 Å². The van der Waals surface area contributed by atoms with Gasteiger partial charge in [0.25, 0.3) is 0 Å². The summed E-state index contributed by atoms with van der Waals surface area (Å²) in [5.41, 5.74) is 0.698. The summed E-state index contributed by atoms with van der Waals surface area (Å²) in [6, 6.07) is 2.28. The van der Waals surface area contributed by atoms with Crippen molar-refractivity contribution in [3.63, 3.8) is 0 Å². The van der Waals surface area contributed by atoms with Gasteiger partial charge in [0.15, 0.2) is 0 Å². The number of hydrogen-bond donors (Lipinski definition) is 0. The highest BCUT2D eigenvalue weighted by atomic mass is 16.6. The molecule has 2 aliphatic rings. The van der Waals surface area contributed by atoms with E-state index in [-0.39, 0.29) is 12.1 Å². The second-order valence-electron chi connectivity index (χ2n) is 7.58. The van der Waals surface area contributed by atoms with Crippen LogP contribution in [0.4, 0.5) is 10.6 Å². The van der Waals surface area contributed by atoms with Crippen molar-refractivity contribution in [2.75, 3.05) is 25.0 Å². The van der Waals surface area contributed by atoms with Crippen molar-refractivity contribution in [3.8, 4) is 0 Å². The molecule has 1 saturated heterocycles. The summed E-state index contributed by atoms with van der Waals surface area (Å²) in [7, 11) is 1.80. The summed E-state index contributed by atoms with van der Waals surface area (Å²) in [5.74, 6) is 1.58. The number of nitrogens with zero attached hydrogens (tertiary/aromatic N) is 4. The topological polar surface area (TPSA) is 58.6 Å². The Morgan fingerprint density at radius 3 is 2.57 bits per heavy atom. The standard InChI is InChI=1S/C17H26N4O2/c1-17(2,3)23-16(22)20(4)13-9-21(10-13)15-8-14(18-11-19-15)12-6-5-7-12/h8,11-13H,5-7,9-10H2,1-4H3. The molecule has 0 radical (unpaired) electrons. The molecule has 1 aliphatic carbocycles. The molecule has 0 aromatic carbocycles. The maximum atomic E-state index is 12.1. The minimum Gasteiger partial charge on any atom is -0.444 e. The highest BCUT2D eigenvalue weighted by Gasteiger charge is 2.35. The molecule has 23 heavy (non-hydrogen) atoms. The number of ether oxygens (including phenoxy) is 1. The zero-order chi connectivity index (χ0) is 16.6. The van der Waals surface area contributed by atoms with E-state index >= 15 is 0 Å². The fourth-order valence-electron chi connectivity index (χ4n) is 2.83. The lowest BCUT2D eigenvalue weighted by molar-refractivity contribution is 0.0196. The van der Waals surface area contributed by atoms with Gasteiger partial charge in [0, 0.05) is 37.8 Å². The molecule has 0 unspecified atom stereocenters. The number of hydrogen-bond acceptors (Lipinski definition) is 5. The molecule has 0 N–H and O–H groups in total. The lowest BCUT2D eigenvalue weighted by atomic mass is 9.83. The van der Waals surface area contributed by atoms with E-state index in [1.165, 1.54) is 19.3 Å². The van der Waals surface area contributed by atoms with Crippen LogP contribution < -0.4 is 4.90 Å². The summed E-state index contributed by atoms with van der Waals surface area (Å²) in [6.45, 7) is 7.23. The molecule has 0 atom stereocenters. The van der Waals surface area contributed by atoms with Gasteiger partial charge in [-0.3, -0.25) is 0 Å². The third kappa shape index (κ3) is 3.57. The summed E-state index contributed by atoms with van der Waals surface area (Å²) >= 11 is 0. The van der Waals surface area contributed by atoms with Gasteiger partial charge in [-0.25, -0.2) is 14.8 Å². The second kappa shape index (κ2) is 5.98. The Bertz CT molecular complexity index is 574. The van der Waals surface area contributed by atoms with Gasteiger partial charge in [-0.05, 0) is 33.6 Å². The highest BCUT2D eigenvalue weighted by Crippen LogP contribution is 2.36. The van der Waals surface area contributed by atoms with Crippen LogP contribution in [0.2, 0.25) is 0 Å². The number of likely N-dealkylation sites (N-methyl/N-ethyl adjacent to an activating group) is 1. The first kappa shape index (κ1) is 16.0. The van der Waals surface area contributed by atoms with Gasteiger partial charge in [-0.1, -0.05) is 6.42 Å². The number of anilines is 1. The largest absolute Gasteiger partial charge is 0.444 e. The normalized spacial score (nSPS) is 19.0. The van der Waals surface area contributed by atoms with Gasteiger partial charge < -0.3 is 14.5 Å². The average Bonchev–Trinajstić information content (AvgIpc) is 2.33. The summed E-state index contributed by atoms with van der Waals surface area (Å²) in [4.78, 5) is 24.7. The maximum absolute atomic E-state index is 12.1. The van der Waals surface area contributed by atoms with Crippen LogP contribution in [0.1, 0.15) is 51.6 Å². The molecule has 6 nitrogen and oxygen atoms in total. The number of carbonyl (C=O) groups is 1. The molecule has 1 aliphatic heterocycles. The van der Waals surface area contributed by atoms with Crippen molar-refractivity contribution < 1.29 is 9.53 Å². The van der Waals surface area contributed by atoms with Crippen molar-refractivity contribution >= 4 is 11.9 Å². The monoisotopic (exact) mass is 318 g/mol. The van der Waals surface area contributed by atoms with Crippen molar-refractivity contribution in [3.05, 3.63) is 18.1 Å². The molecule has 6 heteroatoms. The van der Waals surface area contributed by atoms with Gasteiger partial charge in [-0.15, -0.1) is 0 Å². The summed E-state index contributed by atoms with van der Waals surface area (Å²) in [6.07, 6.45) is 5.17. The lowest BCUT2D eigenvalue weighted by Crippen LogP contribution is -2.60. The zero-order valence-electron chi connectivity index (χ0n) is 14.5. The predicted octanol–water partition coefficient (Wildman–Crippen LogP) is 2.80. The summed E-state index contributed by atoms with van der Waals surface area (Å²) < 4.78 is 5.41. The van der Waals surface area contributed by atoms with Crippen LogP contribution in [0.5, 0.6) is 0 Å².